The Labute approximate surface area is 179 Å². The van der Waals surface area contributed by atoms with Crippen molar-refractivity contribution in [2.45, 2.75) is 55.2 Å². The maximum atomic E-state index is 13.9. The Kier molecular flexibility index (Phi) is 5.68. The van der Waals surface area contributed by atoms with E-state index in [4.69, 9.17) is 9.47 Å². The summed E-state index contributed by atoms with van der Waals surface area (Å²) in [6, 6.07) is 3.40. The Morgan fingerprint density at radius 3 is 2.58 bits per heavy atom. The Morgan fingerprint density at radius 1 is 1.26 bits per heavy atom. The molecule has 1 aliphatic carbocycles. The van der Waals surface area contributed by atoms with Crippen LogP contribution in [0.15, 0.2) is 35.5 Å². The molecule has 170 valence electrons. The Hall–Kier alpha value is -1.91. The Balaban J connectivity index is 1.66. The van der Waals surface area contributed by atoms with Gasteiger partial charge in [-0.25, -0.2) is 8.42 Å². The third-order valence-corrected chi connectivity index (χ3v) is 8.39. The molecule has 2 unspecified atom stereocenters. The highest BCUT2D eigenvalue weighted by atomic mass is 32.2. The normalized spacial score (nSPS) is 23.6. The SMILES string of the molecule is COC1CCC(S(=O)(=O)c2ccc(-c3cnn(CC4(C)COC4)c3)cc2C(F)(F)F)C1. The minimum atomic E-state index is -4.80. The monoisotopic (exact) mass is 458 g/mol. The maximum Gasteiger partial charge on any atom is 0.417 e. The van der Waals surface area contributed by atoms with E-state index in [1.165, 1.54) is 19.4 Å². The van der Waals surface area contributed by atoms with Gasteiger partial charge in [0.05, 0.1) is 47.8 Å². The van der Waals surface area contributed by atoms with Crippen LogP contribution >= 0.6 is 0 Å². The molecular weight excluding hydrogens is 433 g/mol. The van der Waals surface area contributed by atoms with Gasteiger partial charge in [-0.05, 0) is 37.0 Å². The summed E-state index contributed by atoms with van der Waals surface area (Å²) in [6.45, 7) is 3.86. The first-order valence-corrected chi connectivity index (χ1v) is 11.6. The smallest absolute Gasteiger partial charge is 0.381 e. The number of aromatic nitrogens is 2. The van der Waals surface area contributed by atoms with Crippen LogP contribution in [0, 0.1) is 5.41 Å². The van der Waals surface area contributed by atoms with Crippen LogP contribution in [0.3, 0.4) is 0 Å². The van der Waals surface area contributed by atoms with Gasteiger partial charge >= 0.3 is 6.18 Å². The van der Waals surface area contributed by atoms with Crippen molar-refractivity contribution < 1.29 is 31.1 Å². The summed E-state index contributed by atoms with van der Waals surface area (Å²) >= 11 is 0. The van der Waals surface area contributed by atoms with Crippen LogP contribution in [0.1, 0.15) is 31.7 Å². The molecule has 0 amide bonds. The van der Waals surface area contributed by atoms with E-state index in [2.05, 4.69) is 12.0 Å². The van der Waals surface area contributed by atoms with Crippen LogP contribution in [0.4, 0.5) is 13.2 Å². The molecule has 2 aromatic rings. The topological polar surface area (TPSA) is 70.4 Å². The van der Waals surface area contributed by atoms with Gasteiger partial charge in [0.2, 0.25) is 0 Å². The maximum absolute atomic E-state index is 13.9. The molecule has 0 radical (unpaired) electrons. The predicted octanol–water partition coefficient (Wildman–Crippen LogP) is 3.95. The Bertz CT molecular complexity index is 1060. The van der Waals surface area contributed by atoms with Crippen LogP contribution in [0.25, 0.3) is 11.1 Å². The van der Waals surface area contributed by atoms with Crippen LogP contribution in [0.5, 0.6) is 0 Å². The number of methoxy groups -OCH3 is 1. The summed E-state index contributed by atoms with van der Waals surface area (Å²) in [5, 5.41) is 3.37. The fourth-order valence-electron chi connectivity index (χ4n) is 4.29. The summed E-state index contributed by atoms with van der Waals surface area (Å²) in [6.07, 6.45) is -0.877. The molecule has 1 saturated heterocycles. The number of hydrogen-bond acceptors (Lipinski definition) is 5. The molecule has 1 aromatic carbocycles. The predicted molar refractivity (Wildman–Crippen MR) is 107 cm³/mol. The first-order chi connectivity index (χ1) is 14.5. The second kappa shape index (κ2) is 7.90. The number of sulfone groups is 1. The van der Waals surface area contributed by atoms with Crippen molar-refractivity contribution in [3.8, 4) is 11.1 Å². The third-order valence-electron chi connectivity index (χ3n) is 6.11. The molecule has 0 spiro atoms. The molecule has 1 aliphatic heterocycles. The van der Waals surface area contributed by atoms with Gasteiger partial charge in [-0.2, -0.15) is 18.3 Å². The number of halogens is 3. The zero-order valence-corrected chi connectivity index (χ0v) is 18.2. The zero-order chi connectivity index (χ0) is 22.4. The van der Waals surface area contributed by atoms with Gasteiger partial charge in [0, 0.05) is 24.3 Å². The van der Waals surface area contributed by atoms with E-state index >= 15 is 0 Å². The van der Waals surface area contributed by atoms with E-state index in [1.54, 1.807) is 10.9 Å². The quantitative estimate of drug-likeness (QED) is 0.656. The molecular formula is C21H25F3N2O4S. The first-order valence-electron chi connectivity index (χ1n) is 10.1. The molecule has 0 N–H and O–H groups in total. The van der Waals surface area contributed by atoms with Gasteiger partial charge in [0.15, 0.2) is 9.84 Å². The highest BCUT2D eigenvalue weighted by Gasteiger charge is 2.42. The lowest BCUT2D eigenvalue weighted by molar-refractivity contribution is -0.139. The average Bonchev–Trinajstić information content (AvgIpc) is 3.35. The van der Waals surface area contributed by atoms with E-state index in [9.17, 15) is 21.6 Å². The van der Waals surface area contributed by atoms with Crippen molar-refractivity contribution in [2.75, 3.05) is 20.3 Å². The summed E-state index contributed by atoms with van der Waals surface area (Å²) in [7, 11) is -2.66. The average molecular weight is 459 g/mol. The number of benzene rings is 1. The fraction of sp³-hybridized carbons (Fsp3) is 0.571. The van der Waals surface area contributed by atoms with E-state index in [0.717, 1.165) is 12.1 Å². The van der Waals surface area contributed by atoms with E-state index in [1.807, 2.05) is 0 Å². The van der Waals surface area contributed by atoms with E-state index < -0.39 is 31.7 Å². The third kappa shape index (κ3) is 4.38. The van der Waals surface area contributed by atoms with Gasteiger partial charge < -0.3 is 9.47 Å². The van der Waals surface area contributed by atoms with Crippen LogP contribution in [0.2, 0.25) is 0 Å². The number of hydrogen-bond donors (Lipinski definition) is 0. The largest absolute Gasteiger partial charge is 0.417 e. The van der Waals surface area contributed by atoms with Crippen molar-refractivity contribution in [1.82, 2.24) is 9.78 Å². The second-order valence-corrected chi connectivity index (χ2v) is 11.0. The molecule has 1 saturated carbocycles. The Morgan fingerprint density at radius 2 is 2.00 bits per heavy atom. The van der Waals surface area contributed by atoms with Gasteiger partial charge in [-0.1, -0.05) is 13.0 Å². The lowest BCUT2D eigenvalue weighted by Gasteiger charge is -2.37. The van der Waals surface area contributed by atoms with Crippen molar-refractivity contribution in [1.29, 1.82) is 0 Å². The van der Waals surface area contributed by atoms with Gasteiger partial charge in [-0.15, -0.1) is 0 Å². The molecule has 10 heteroatoms. The molecule has 2 aliphatic rings. The van der Waals surface area contributed by atoms with Crippen molar-refractivity contribution in [3.63, 3.8) is 0 Å². The lowest BCUT2D eigenvalue weighted by Crippen LogP contribution is -2.43. The first kappa shape index (κ1) is 22.3. The van der Waals surface area contributed by atoms with Gasteiger partial charge in [0.1, 0.15) is 0 Å². The summed E-state index contributed by atoms with van der Waals surface area (Å²) in [4.78, 5) is -0.669. The molecule has 2 atom stereocenters. The van der Waals surface area contributed by atoms with Crippen molar-refractivity contribution in [2.24, 2.45) is 5.41 Å². The zero-order valence-electron chi connectivity index (χ0n) is 17.4. The number of nitrogens with zero attached hydrogens (tertiary/aromatic N) is 2. The highest BCUT2D eigenvalue weighted by molar-refractivity contribution is 7.92. The summed E-state index contributed by atoms with van der Waals surface area (Å²) in [5.74, 6) is 0. The van der Waals surface area contributed by atoms with Gasteiger partial charge in [-0.3, -0.25) is 4.68 Å². The van der Waals surface area contributed by atoms with Crippen molar-refractivity contribution >= 4 is 9.84 Å². The minimum absolute atomic E-state index is 0.0420. The summed E-state index contributed by atoms with van der Waals surface area (Å²) < 4.78 is 79.7. The van der Waals surface area contributed by atoms with Crippen LogP contribution < -0.4 is 0 Å². The van der Waals surface area contributed by atoms with Gasteiger partial charge in [0.25, 0.3) is 0 Å². The molecule has 31 heavy (non-hydrogen) atoms. The molecule has 2 heterocycles. The van der Waals surface area contributed by atoms with Crippen LogP contribution in [-0.2, 0) is 32.0 Å². The molecule has 0 bridgehead atoms. The standard InChI is InChI=1S/C21H25F3N2O4S/c1-20(12-30-13-20)11-26-10-15(9-25-26)14-3-6-19(18(7-14)21(22,23)24)31(27,28)17-5-4-16(8-17)29-2/h3,6-7,9-10,16-17H,4-5,8,11-13H2,1-2H3. The molecule has 1 aromatic heterocycles. The van der Waals surface area contributed by atoms with E-state index in [-0.39, 0.29) is 29.9 Å². The number of ether oxygens (including phenoxy) is 2. The number of alkyl halides is 3. The summed E-state index contributed by atoms with van der Waals surface area (Å²) in [5.41, 5.74) is -0.412. The lowest BCUT2D eigenvalue weighted by atomic mass is 9.89. The number of rotatable bonds is 6. The van der Waals surface area contributed by atoms with Crippen molar-refractivity contribution in [3.05, 3.63) is 36.2 Å². The highest BCUT2D eigenvalue weighted by Crippen LogP contribution is 2.40. The fourth-order valence-corrected chi connectivity index (χ4v) is 6.30. The van der Waals surface area contributed by atoms with Crippen LogP contribution in [-0.4, -0.2) is 49.9 Å². The second-order valence-electron chi connectivity index (χ2n) is 8.78. The molecule has 6 nitrogen and oxygen atoms in total. The van der Waals surface area contributed by atoms with E-state index in [0.29, 0.717) is 31.7 Å². The molecule has 4 rings (SSSR count). The molecule has 2 fully saturated rings. The minimum Gasteiger partial charge on any atom is -0.381 e.